The fourth-order valence-electron chi connectivity index (χ4n) is 3.14. The standard InChI is InChI=1S/C18H23N3O2S/c1-12-15(17(22)23-4)16(21-10-5-11-24-18(21)19-12)13-6-8-14(9-7-13)20(2)3/h6-9,16H,5,10-11H2,1-4H3/t16-/m0/s1. The van der Waals surface area contributed by atoms with E-state index in [2.05, 4.69) is 39.1 Å². The normalized spacial score (nSPS) is 20.4. The van der Waals surface area contributed by atoms with Crippen LogP contribution in [0.2, 0.25) is 0 Å². The molecule has 1 atom stereocenters. The van der Waals surface area contributed by atoms with E-state index >= 15 is 0 Å². The van der Waals surface area contributed by atoms with Gasteiger partial charge in [0.05, 0.1) is 24.4 Å². The van der Waals surface area contributed by atoms with Crippen LogP contribution < -0.4 is 4.90 Å². The maximum absolute atomic E-state index is 12.4. The molecule has 24 heavy (non-hydrogen) atoms. The van der Waals surface area contributed by atoms with Crippen LogP contribution in [0.3, 0.4) is 0 Å². The summed E-state index contributed by atoms with van der Waals surface area (Å²) in [5, 5.41) is 1.01. The van der Waals surface area contributed by atoms with Gasteiger partial charge in [0, 0.05) is 32.1 Å². The Bertz CT molecular complexity index is 695. The van der Waals surface area contributed by atoms with Crippen LogP contribution in [0.15, 0.2) is 40.5 Å². The van der Waals surface area contributed by atoms with Crippen LogP contribution in [0.1, 0.15) is 24.9 Å². The highest BCUT2D eigenvalue weighted by molar-refractivity contribution is 8.13. The molecule has 3 rings (SSSR count). The van der Waals surface area contributed by atoms with Crippen LogP contribution in [0.4, 0.5) is 5.69 Å². The van der Waals surface area contributed by atoms with Crippen molar-refractivity contribution in [2.45, 2.75) is 19.4 Å². The summed E-state index contributed by atoms with van der Waals surface area (Å²) < 4.78 is 5.05. The number of hydrogen-bond donors (Lipinski definition) is 0. The van der Waals surface area contributed by atoms with Gasteiger partial charge < -0.3 is 14.5 Å². The molecule has 0 aliphatic carbocycles. The number of hydrogen-bond acceptors (Lipinski definition) is 6. The van der Waals surface area contributed by atoms with Crippen molar-refractivity contribution in [3.63, 3.8) is 0 Å². The number of methoxy groups -OCH3 is 1. The molecule has 0 amide bonds. The van der Waals surface area contributed by atoms with Crippen molar-refractivity contribution in [3.05, 3.63) is 41.1 Å². The number of amidine groups is 1. The zero-order valence-electron chi connectivity index (χ0n) is 14.6. The second-order valence-electron chi connectivity index (χ2n) is 6.17. The van der Waals surface area contributed by atoms with Crippen LogP contribution >= 0.6 is 11.8 Å². The number of ether oxygens (including phenoxy) is 1. The Kier molecular flexibility index (Phi) is 4.85. The number of rotatable bonds is 3. The molecule has 2 heterocycles. The van der Waals surface area contributed by atoms with Crippen molar-refractivity contribution >= 4 is 28.6 Å². The van der Waals surface area contributed by atoms with Gasteiger partial charge in [-0.1, -0.05) is 23.9 Å². The van der Waals surface area contributed by atoms with Crippen molar-refractivity contribution in [2.75, 3.05) is 38.4 Å². The van der Waals surface area contributed by atoms with Crippen molar-refractivity contribution in [2.24, 2.45) is 4.99 Å². The van der Waals surface area contributed by atoms with Gasteiger partial charge in [-0.15, -0.1) is 0 Å². The molecule has 1 saturated heterocycles. The molecule has 1 aromatic rings. The van der Waals surface area contributed by atoms with Gasteiger partial charge in [0.2, 0.25) is 0 Å². The molecule has 1 aromatic carbocycles. The van der Waals surface area contributed by atoms with Crippen LogP contribution in [0.5, 0.6) is 0 Å². The predicted molar refractivity (Wildman–Crippen MR) is 99.4 cm³/mol. The largest absolute Gasteiger partial charge is 0.466 e. The van der Waals surface area contributed by atoms with Gasteiger partial charge in [0.15, 0.2) is 5.17 Å². The second-order valence-corrected chi connectivity index (χ2v) is 7.23. The minimum atomic E-state index is -0.299. The molecule has 0 aromatic heterocycles. The molecule has 2 aliphatic rings. The number of allylic oxidation sites excluding steroid dienone is 1. The Labute approximate surface area is 147 Å². The zero-order valence-corrected chi connectivity index (χ0v) is 15.4. The molecule has 128 valence electrons. The summed E-state index contributed by atoms with van der Waals surface area (Å²) in [4.78, 5) is 21.4. The topological polar surface area (TPSA) is 45.1 Å². The highest BCUT2D eigenvalue weighted by atomic mass is 32.2. The van der Waals surface area contributed by atoms with Gasteiger partial charge in [-0.05, 0) is 31.0 Å². The van der Waals surface area contributed by atoms with E-state index < -0.39 is 0 Å². The minimum Gasteiger partial charge on any atom is -0.466 e. The number of anilines is 1. The highest BCUT2D eigenvalue weighted by Crippen LogP contribution is 2.40. The number of thioether (sulfide) groups is 1. The lowest BCUT2D eigenvalue weighted by atomic mass is 9.94. The SMILES string of the molecule is COC(=O)C1=C(C)N=C2SCCCN2[C@H]1c1ccc(N(C)C)cc1. The first-order chi connectivity index (χ1) is 11.5. The van der Waals surface area contributed by atoms with Gasteiger partial charge >= 0.3 is 5.97 Å². The molecule has 0 saturated carbocycles. The number of carbonyl (C=O) groups is 1. The Hall–Kier alpha value is -1.95. The van der Waals surface area contributed by atoms with Gasteiger partial charge in [0.1, 0.15) is 0 Å². The molecule has 5 nitrogen and oxygen atoms in total. The van der Waals surface area contributed by atoms with E-state index in [0.29, 0.717) is 5.57 Å². The summed E-state index contributed by atoms with van der Waals surface area (Å²) in [6.45, 7) is 2.80. The maximum atomic E-state index is 12.4. The summed E-state index contributed by atoms with van der Waals surface area (Å²) in [6.07, 6.45) is 1.09. The molecule has 6 heteroatoms. The highest BCUT2D eigenvalue weighted by Gasteiger charge is 2.37. The van der Waals surface area contributed by atoms with Crippen LogP contribution in [0.25, 0.3) is 0 Å². The third kappa shape index (κ3) is 3.02. The van der Waals surface area contributed by atoms with Gasteiger partial charge in [-0.25, -0.2) is 9.79 Å². The van der Waals surface area contributed by atoms with E-state index in [1.54, 1.807) is 11.8 Å². The fraction of sp³-hybridized carbons (Fsp3) is 0.444. The molecule has 0 bridgehead atoms. The lowest BCUT2D eigenvalue weighted by molar-refractivity contribution is -0.136. The maximum Gasteiger partial charge on any atom is 0.338 e. The van der Waals surface area contributed by atoms with Crippen molar-refractivity contribution in [3.8, 4) is 0 Å². The Morgan fingerprint density at radius 1 is 1.33 bits per heavy atom. The van der Waals surface area contributed by atoms with Crippen LogP contribution in [-0.2, 0) is 9.53 Å². The molecule has 2 aliphatic heterocycles. The molecule has 0 spiro atoms. The molecule has 0 radical (unpaired) electrons. The Balaban J connectivity index is 2.06. The summed E-state index contributed by atoms with van der Waals surface area (Å²) >= 11 is 1.76. The van der Waals surface area contributed by atoms with Crippen LogP contribution in [-0.4, -0.2) is 49.5 Å². The minimum absolute atomic E-state index is 0.131. The van der Waals surface area contributed by atoms with E-state index in [9.17, 15) is 4.79 Å². The van der Waals surface area contributed by atoms with Crippen molar-refractivity contribution in [1.82, 2.24) is 4.90 Å². The van der Waals surface area contributed by atoms with E-state index in [1.807, 2.05) is 21.0 Å². The average Bonchev–Trinajstić information content (AvgIpc) is 2.60. The third-order valence-corrected chi connectivity index (χ3v) is 5.47. The first-order valence-corrected chi connectivity index (χ1v) is 9.06. The summed E-state index contributed by atoms with van der Waals surface area (Å²) in [5.74, 6) is 0.773. The zero-order chi connectivity index (χ0) is 17.3. The van der Waals surface area contributed by atoms with Crippen molar-refractivity contribution in [1.29, 1.82) is 0 Å². The van der Waals surface area contributed by atoms with Crippen molar-refractivity contribution < 1.29 is 9.53 Å². The predicted octanol–water partition coefficient (Wildman–Crippen LogP) is 3.05. The van der Waals surface area contributed by atoms with E-state index in [-0.39, 0.29) is 12.0 Å². The molecule has 1 fully saturated rings. The number of fused-ring (bicyclic) bond motifs is 1. The third-order valence-electron chi connectivity index (χ3n) is 4.39. The first kappa shape index (κ1) is 16.9. The van der Waals surface area contributed by atoms with Crippen LogP contribution in [0, 0.1) is 0 Å². The average molecular weight is 345 g/mol. The summed E-state index contributed by atoms with van der Waals surface area (Å²) in [6, 6.07) is 8.23. The second kappa shape index (κ2) is 6.89. The first-order valence-electron chi connectivity index (χ1n) is 8.07. The number of nitrogens with zero attached hydrogens (tertiary/aromatic N) is 3. The fourth-order valence-corrected chi connectivity index (χ4v) is 4.16. The van der Waals surface area contributed by atoms with E-state index in [1.165, 1.54) is 7.11 Å². The number of esters is 1. The number of carbonyl (C=O) groups excluding carboxylic acids is 1. The van der Waals surface area contributed by atoms with Gasteiger partial charge in [-0.2, -0.15) is 0 Å². The van der Waals surface area contributed by atoms with E-state index in [4.69, 9.17) is 4.74 Å². The van der Waals surface area contributed by atoms with Gasteiger partial charge in [0.25, 0.3) is 0 Å². The quantitative estimate of drug-likeness (QED) is 0.788. The number of benzene rings is 1. The van der Waals surface area contributed by atoms with Gasteiger partial charge in [-0.3, -0.25) is 0 Å². The monoisotopic (exact) mass is 345 g/mol. The Morgan fingerprint density at radius 2 is 2.04 bits per heavy atom. The summed E-state index contributed by atoms with van der Waals surface area (Å²) in [5.41, 5.74) is 3.62. The van der Waals surface area contributed by atoms with E-state index in [0.717, 1.165) is 40.8 Å². The molecule has 0 N–H and O–H groups in total. The smallest absolute Gasteiger partial charge is 0.338 e. The number of aliphatic imine (C=N–C) groups is 1. The molecular formula is C18H23N3O2S. The Morgan fingerprint density at radius 3 is 2.67 bits per heavy atom. The summed E-state index contributed by atoms with van der Waals surface area (Å²) in [7, 11) is 5.47. The lowest BCUT2D eigenvalue weighted by Gasteiger charge is -2.40. The molecular weight excluding hydrogens is 322 g/mol. The lowest BCUT2D eigenvalue weighted by Crippen LogP contribution is -2.42. The molecule has 0 unspecified atom stereocenters.